The summed E-state index contributed by atoms with van der Waals surface area (Å²) in [6, 6.07) is 1.89. The molecule has 0 unspecified atom stereocenters. The molecule has 0 saturated heterocycles. The van der Waals surface area contributed by atoms with E-state index in [1.54, 1.807) is 12.5 Å². The maximum atomic E-state index is 4.10. The Morgan fingerprint density at radius 3 is 2.69 bits per heavy atom. The van der Waals surface area contributed by atoms with Crippen LogP contribution in [0.15, 0.2) is 18.6 Å². The Balaban J connectivity index is 2.34. The molecule has 0 radical (unpaired) electrons. The normalized spacial score (nSPS) is 10.4. The second kappa shape index (κ2) is 5.51. The van der Waals surface area contributed by atoms with Crippen LogP contribution in [0, 0.1) is 5.92 Å². The topological polar surface area (TPSA) is 37.8 Å². The molecule has 13 heavy (non-hydrogen) atoms. The number of anilines is 1. The first kappa shape index (κ1) is 9.96. The van der Waals surface area contributed by atoms with Crippen LogP contribution in [-0.2, 0) is 0 Å². The molecular formula is C10H17N3. The van der Waals surface area contributed by atoms with E-state index in [0.717, 1.165) is 18.3 Å². The lowest BCUT2D eigenvalue weighted by Crippen LogP contribution is -2.13. The average Bonchev–Trinajstić information content (AvgIpc) is 2.21. The third kappa shape index (κ3) is 3.40. The highest BCUT2D eigenvalue weighted by atomic mass is 15.0. The largest absolute Gasteiger partial charge is 0.370 e. The molecule has 0 fully saturated rings. The number of hydrogen-bond acceptors (Lipinski definition) is 3. The van der Waals surface area contributed by atoms with Crippen molar-refractivity contribution in [2.45, 2.75) is 26.7 Å². The second-order valence-electron chi connectivity index (χ2n) is 3.16. The zero-order valence-corrected chi connectivity index (χ0v) is 8.33. The van der Waals surface area contributed by atoms with Gasteiger partial charge in [0.25, 0.3) is 0 Å². The highest BCUT2D eigenvalue weighted by Crippen LogP contribution is 2.08. The summed E-state index contributed by atoms with van der Waals surface area (Å²) < 4.78 is 0. The van der Waals surface area contributed by atoms with E-state index in [0.29, 0.717) is 0 Å². The first-order valence-electron chi connectivity index (χ1n) is 4.86. The first-order chi connectivity index (χ1) is 6.36. The Hall–Kier alpha value is -1.12. The molecule has 0 aliphatic heterocycles. The molecule has 3 heteroatoms. The number of nitrogens with one attached hydrogen (secondary N) is 1. The predicted molar refractivity (Wildman–Crippen MR) is 54.6 cm³/mol. The van der Waals surface area contributed by atoms with Crippen LogP contribution in [0.5, 0.6) is 0 Å². The van der Waals surface area contributed by atoms with Gasteiger partial charge in [-0.25, -0.2) is 9.97 Å². The fourth-order valence-electron chi connectivity index (χ4n) is 1.22. The quantitative estimate of drug-likeness (QED) is 0.753. The minimum absolute atomic E-state index is 0.745. The number of nitrogens with zero attached hydrogens (tertiary/aromatic N) is 2. The van der Waals surface area contributed by atoms with E-state index in [9.17, 15) is 0 Å². The predicted octanol–water partition coefficient (Wildman–Crippen LogP) is 2.32. The Labute approximate surface area is 79.6 Å². The molecule has 72 valence electrons. The van der Waals surface area contributed by atoms with Gasteiger partial charge in [-0.1, -0.05) is 26.7 Å². The molecule has 1 rings (SSSR count). The zero-order chi connectivity index (χ0) is 9.52. The summed E-state index contributed by atoms with van der Waals surface area (Å²) in [7, 11) is 0. The fourth-order valence-corrected chi connectivity index (χ4v) is 1.22. The van der Waals surface area contributed by atoms with Gasteiger partial charge in [-0.05, 0) is 12.0 Å². The van der Waals surface area contributed by atoms with Gasteiger partial charge in [0, 0.05) is 12.7 Å². The minimum atomic E-state index is 0.745. The van der Waals surface area contributed by atoms with E-state index in [-0.39, 0.29) is 0 Å². The smallest absolute Gasteiger partial charge is 0.129 e. The third-order valence-corrected chi connectivity index (χ3v) is 2.31. The molecular weight excluding hydrogens is 162 g/mol. The van der Waals surface area contributed by atoms with Gasteiger partial charge in [-0.3, -0.25) is 0 Å². The summed E-state index contributed by atoms with van der Waals surface area (Å²) in [6.45, 7) is 5.44. The van der Waals surface area contributed by atoms with E-state index >= 15 is 0 Å². The van der Waals surface area contributed by atoms with Crippen LogP contribution in [0.4, 0.5) is 5.82 Å². The van der Waals surface area contributed by atoms with Crippen LogP contribution in [0.1, 0.15) is 26.7 Å². The van der Waals surface area contributed by atoms with Gasteiger partial charge in [0.15, 0.2) is 0 Å². The molecule has 1 aromatic rings. The van der Waals surface area contributed by atoms with Crippen LogP contribution in [-0.4, -0.2) is 16.5 Å². The molecule has 1 heterocycles. The lowest BCUT2D eigenvalue weighted by Gasteiger charge is -2.12. The molecule has 0 aliphatic rings. The van der Waals surface area contributed by atoms with Crippen LogP contribution >= 0.6 is 0 Å². The van der Waals surface area contributed by atoms with Crippen LogP contribution in [0.3, 0.4) is 0 Å². The van der Waals surface area contributed by atoms with Crippen molar-refractivity contribution in [2.75, 3.05) is 11.9 Å². The van der Waals surface area contributed by atoms with Crippen molar-refractivity contribution in [3.8, 4) is 0 Å². The number of rotatable bonds is 5. The molecule has 0 spiro atoms. The van der Waals surface area contributed by atoms with E-state index in [2.05, 4.69) is 29.1 Å². The Kier molecular flexibility index (Phi) is 4.23. The molecule has 3 nitrogen and oxygen atoms in total. The van der Waals surface area contributed by atoms with Crippen LogP contribution in [0.25, 0.3) is 0 Å². The van der Waals surface area contributed by atoms with Gasteiger partial charge in [0.1, 0.15) is 12.1 Å². The van der Waals surface area contributed by atoms with Crippen molar-refractivity contribution in [1.82, 2.24) is 9.97 Å². The van der Waals surface area contributed by atoms with E-state index in [1.807, 2.05) is 6.07 Å². The second-order valence-corrected chi connectivity index (χ2v) is 3.16. The number of hydrogen-bond donors (Lipinski definition) is 1. The van der Waals surface area contributed by atoms with Crippen LogP contribution < -0.4 is 5.32 Å². The molecule has 1 N–H and O–H groups in total. The summed E-state index contributed by atoms with van der Waals surface area (Å²) >= 11 is 0. The van der Waals surface area contributed by atoms with Crippen LogP contribution in [0.2, 0.25) is 0 Å². The third-order valence-electron chi connectivity index (χ3n) is 2.31. The summed E-state index contributed by atoms with van der Waals surface area (Å²) in [6.07, 6.45) is 5.75. The lowest BCUT2D eigenvalue weighted by atomic mass is 10.0. The van der Waals surface area contributed by atoms with Crippen molar-refractivity contribution in [2.24, 2.45) is 5.92 Å². The SMILES string of the molecule is CCC(CC)CNc1ccncn1. The van der Waals surface area contributed by atoms with Gasteiger partial charge >= 0.3 is 0 Å². The average molecular weight is 179 g/mol. The molecule has 0 aliphatic carbocycles. The molecule has 0 atom stereocenters. The van der Waals surface area contributed by atoms with Gasteiger partial charge < -0.3 is 5.32 Å². The van der Waals surface area contributed by atoms with Crippen molar-refractivity contribution in [3.05, 3.63) is 18.6 Å². The Morgan fingerprint density at radius 2 is 2.15 bits per heavy atom. The van der Waals surface area contributed by atoms with Gasteiger partial charge in [0.05, 0.1) is 0 Å². The standard InChI is InChI=1S/C10H17N3/c1-3-9(4-2)7-12-10-5-6-11-8-13-10/h5-6,8-9H,3-4,7H2,1-2H3,(H,11,12,13). The Morgan fingerprint density at radius 1 is 1.38 bits per heavy atom. The van der Waals surface area contributed by atoms with Crippen molar-refractivity contribution >= 4 is 5.82 Å². The monoisotopic (exact) mass is 179 g/mol. The lowest BCUT2D eigenvalue weighted by molar-refractivity contribution is 0.518. The summed E-state index contributed by atoms with van der Waals surface area (Å²) in [5.74, 6) is 1.66. The minimum Gasteiger partial charge on any atom is -0.370 e. The van der Waals surface area contributed by atoms with Gasteiger partial charge in [0.2, 0.25) is 0 Å². The Bertz CT molecular complexity index is 219. The zero-order valence-electron chi connectivity index (χ0n) is 8.33. The summed E-state index contributed by atoms with van der Waals surface area (Å²) in [4.78, 5) is 7.96. The van der Waals surface area contributed by atoms with Gasteiger partial charge in [-0.2, -0.15) is 0 Å². The molecule has 0 amide bonds. The van der Waals surface area contributed by atoms with E-state index < -0.39 is 0 Å². The fraction of sp³-hybridized carbons (Fsp3) is 0.600. The van der Waals surface area contributed by atoms with Gasteiger partial charge in [-0.15, -0.1) is 0 Å². The molecule has 0 saturated carbocycles. The maximum absolute atomic E-state index is 4.10. The van der Waals surface area contributed by atoms with Crippen molar-refractivity contribution in [1.29, 1.82) is 0 Å². The summed E-state index contributed by atoms with van der Waals surface area (Å²) in [5.41, 5.74) is 0. The van der Waals surface area contributed by atoms with E-state index in [4.69, 9.17) is 0 Å². The van der Waals surface area contributed by atoms with E-state index in [1.165, 1.54) is 12.8 Å². The molecule has 1 aromatic heterocycles. The highest BCUT2D eigenvalue weighted by Gasteiger charge is 2.02. The van der Waals surface area contributed by atoms with Crippen molar-refractivity contribution < 1.29 is 0 Å². The first-order valence-corrected chi connectivity index (χ1v) is 4.86. The maximum Gasteiger partial charge on any atom is 0.129 e. The summed E-state index contributed by atoms with van der Waals surface area (Å²) in [5, 5.41) is 3.30. The highest BCUT2D eigenvalue weighted by molar-refractivity contribution is 5.31. The number of aromatic nitrogens is 2. The van der Waals surface area contributed by atoms with Crippen molar-refractivity contribution in [3.63, 3.8) is 0 Å². The molecule has 0 bridgehead atoms. The molecule has 0 aromatic carbocycles.